The number of aromatic nitrogens is 4. The molecule has 23 heteroatoms. The van der Waals surface area contributed by atoms with Gasteiger partial charge in [0.1, 0.15) is 11.6 Å². The van der Waals surface area contributed by atoms with Gasteiger partial charge in [0.2, 0.25) is 26.3 Å². The number of nitrogens with two attached hydrogens (primary N) is 1. The normalized spacial score (nSPS) is 11.9. The number of carboxylic acids is 1. The van der Waals surface area contributed by atoms with Crippen LogP contribution in [0.15, 0.2) is 82.0 Å². The number of ether oxygens (including phenoxy) is 2. The van der Waals surface area contributed by atoms with Gasteiger partial charge in [0.25, 0.3) is 20.0 Å². The van der Waals surface area contributed by atoms with Gasteiger partial charge in [-0.25, -0.2) is 47.0 Å². The fraction of sp³-hybridized carbons (Fsp3) is 0.348. The van der Waals surface area contributed by atoms with Gasteiger partial charge in [-0.3, -0.25) is 9.59 Å². The predicted octanol–water partition coefficient (Wildman–Crippen LogP) is 7.42. The Morgan fingerprint density at radius 3 is 1.45 bits per heavy atom. The predicted molar refractivity (Wildman–Crippen MR) is 257 cm³/mol. The number of primary sulfonamides is 1. The van der Waals surface area contributed by atoms with E-state index in [2.05, 4.69) is 19.9 Å². The highest BCUT2D eigenvalue weighted by Gasteiger charge is 2.28. The number of hydrogen-bond donors (Lipinski definition) is 5. The first-order chi connectivity index (χ1) is 31.9. The van der Waals surface area contributed by atoms with Crippen molar-refractivity contribution < 1.29 is 60.0 Å². The molecule has 0 atom stereocenters. The third kappa shape index (κ3) is 15.3. The molecule has 0 saturated heterocycles. The summed E-state index contributed by atoms with van der Waals surface area (Å²) < 4.78 is 87.3. The van der Waals surface area contributed by atoms with Crippen LogP contribution in [0.2, 0.25) is 0 Å². The van der Waals surface area contributed by atoms with Gasteiger partial charge < -0.3 is 24.8 Å². The number of carbonyl (C=O) groups is 2. The molecule has 372 valence electrons. The number of carboxylic acid groups (broad SMARTS) is 1. The summed E-state index contributed by atoms with van der Waals surface area (Å²) in [6.45, 7) is 13.7. The van der Waals surface area contributed by atoms with Crippen molar-refractivity contribution in [2.75, 3.05) is 14.2 Å². The van der Waals surface area contributed by atoms with E-state index >= 15 is 0 Å². The Morgan fingerprint density at radius 1 is 0.696 bits per heavy atom. The third-order valence-corrected chi connectivity index (χ3v) is 15.5. The van der Waals surface area contributed by atoms with Crippen LogP contribution in [0.3, 0.4) is 0 Å². The Balaban J connectivity index is 0.000000252. The van der Waals surface area contributed by atoms with Gasteiger partial charge in [0.15, 0.2) is 0 Å². The molecule has 6 rings (SSSR count). The molecule has 1 amide bonds. The van der Waals surface area contributed by atoms with Crippen molar-refractivity contribution in [2.24, 2.45) is 5.14 Å². The number of halogens is 2. The summed E-state index contributed by atoms with van der Waals surface area (Å²) in [5.74, 6) is -2.01. The van der Waals surface area contributed by atoms with Crippen LogP contribution in [0.5, 0.6) is 11.8 Å². The maximum Gasteiger partial charge on any atom is 0.307 e. The first-order valence-electron chi connectivity index (χ1n) is 20.8. The number of hydrogen-bond acceptors (Lipinski definition) is 16. The fourth-order valence-corrected chi connectivity index (χ4v) is 10.2. The van der Waals surface area contributed by atoms with Gasteiger partial charge in [-0.05, 0) is 120 Å². The summed E-state index contributed by atoms with van der Waals surface area (Å²) in [6.07, 6.45) is 5.16. The van der Waals surface area contributed by atoms with Gasteiger partial charge in [0, 0.05) is 36.9 Å². The van der Waals surface area contributed by atoms with Crippen molar-refractivity contribution in [1.29, 1.82) is 0 Å². The lowest BCUT2D eigenvalue weighted by Crippen LogP contribution is -2.32. The average molecular weight is 1030 g/mol. The molecule has 69 heavy (non-hydrogen) atoms. The molecule has 4 aromatic heterocycles. The van der Waals surface area contributed by atoms with Crippen LogP contribution in [0, 0.1) is 11.6 Å². The Bertz CT molecular complexity index is 3020. The van der Waals surface area contributed by atoms with Crippen molar-refractivity contribution in [3.05, 3.63) is 117 Å². The molecule has 6 aromatic rings. The maximum atomic E-state index is 14.5. The summed E-state index contributed by atoms with van der Waals surface area (Å²) >= 11 is 1.65. The standard InChI is InChI=1S/C23H26FN3O5S2.C17H18FNO3.C6H10N2O3S2/c1-13(2)16-9-15(24)10-17(14-6-7-25-21(8-14)32-5)18(16)11-20(28)27-34(30,31)22-26-12-19(33-22)23(3,4)29;1-10(2)13-7-12(18)8-14(15(13)9-17(20)21)11-4-5-19-16(6-11)22-3;1-6(2,9)4-3-8-5(12-4)13(7,10)11/h6-10,12-13,29H,11H2,1-5H3,(H,27,28);4-8,10H,9H2,1-3H3,(H,20,21);3,9H,1-2H3,(H2,7,10,11). The zero-order valence-corrected chi connectivity index (χ0v) is 42.6. The van der Waals surface area contributed by atoms with Crippen LogP contribution in [0.1, 0.15) is 99.2 Å². The largest absolute Gasteiger partial charge is 0.481 e. The van der Waals surface area contributed by atoms with Crippen molar-refractivity contribution in [2.45, 2.75) is 99.9 Å². The van der Waals surface area contributed by atoms with Gasteiger partial charge >= 0.3 is 5.97 Å². The molecular weight excluding hydrogens is 979 g/mol. The van der Waals surface area contributed by atoms with E-state index < -0.39 is 48.9 Å². The van der Waals surface area contributed by atoms with Gasteiger partial charge in [-0.1, -0.05) is 27.7 Å². The molecule has 0 radical (unpaired) electrons. The number of sulfonamides is 2. The van der Waals surface area contributed by atoms with Crippen LogP contribution >= 0.6 is 22.7 Å². The number of methoxy groups -OCH3 is 2. The van der Waals surface area contributed by atoms with Gasteiger partial charge in [-0.15, -0.1) is 22.7 Å². The number of benzene rings is 2. The molecule has 17 nitrogen and oxygen atoms in total. The summed E-state index contributed by atoms with van der Waals surface area (Å²) in [6, 6.07) is 12.1. The zero-order valence-electron chi connectivity index (χ0n) is 39.4. The number of nitrogens with one attached hydrogen (secondary N) is 1. The minimum absolute atomic E-state index is 0.0209. The lowest BCUT2D eigenvalue weighted by molar-refractivity contribution is -0.136. The second-order valence-electron chi connectivity index (χ2n) is 16.9. The van der Waals surface area contributed by atoms with E-state index in [1.54, 1.807) is 44.3 Å². The van der Waals surface area contributed by atoms with E-state index in [4.69, 9.17) is 14.6 Å². The Kier molecular flexibility index (Phi) is 18.4. The topological polar surface area (TPSA) is 271 Å². The quantitative estimate of drug-likeness (QED) is 0.0670. The van der Waals surface area contributed by atoms with Crippen LogP contribution in [0.25, 0.3) is 22.3 Å². The third-order valence-electron chi connectivity index (χ3n) is 9.81. The number of pyridine rings is 2. The minimum Gasteiger partial charge on any atom is -0.481 e. The first kappa shape index (κ1) is 55.8. The molecule has 0 bridgehead atoms. The molecule has 0 spiro atoms. The molecule has 0 aliphatic rings. The highest BCUT2D eigenvalue weighted by Crippen LogP contribution is 2.35. The summed E-state index contributed by atoms with van der Waals surface area (Å²) in [5, 5.41) is 33.6. The van der Waals surface area contributed by atoms with Crippen LogP contribution in [0.4, 0.5) is 8.78 Å². The van der Waals surface area contributed by atoms with Crippen LogP contribution in [-0.2, 0) is 53.7 Å². The Hall–Kier alpha value is -5.82. The van der Waals surface area contributed by atoms with E-state index in [0.29, 0.717) is 66.0 Å². The second kappa shape index (κ2) is 22.7. The number of amides is 1. The molecular formula is C46H54F2N6O11S4. The molecule has 6 N–H and O–H groups in total. The monoisotopic (exact) mass is 1030 g/mol. The van der Waals surface area contributed by atoms with Crippen molar-refractivity contribution in [1.82, 2.24) is 24.7 Å². The molecule has 0 fully saturated rings. The van der Waals surface area contributed by atoms with E-state index in [9.17, 15) is 50.5 Å². The molecule has 0 aliphatic carbocycles. The summed E-state index contributed by atoms with van der Waals surface area (Å²) in [5.41, 5.74) is 2.31. The minimum atomic E-state index is -4.26. The lowest BCUT2D eigenvalue weighted by Gasteiger charge is -2.18. The lowest BCUT2D eigenvalue weighted by atomic mass is 9.88. The molecule has 0 saturated carbocycles. The Morgan fingerprint density at radius 2 is 1.10 bits per heavy atom. The maximum absolute atomic E-state index is 14.5. The zero-order chi connectivity index (χ0) is 51.8. The SMILES string of the molecule is CC(C)(O)c1cnc(S(N)(=O)=O)s1.COc1cc(-c2cc(F)cc(C(C)C)c2CC(=O)NS(=O)(=O)c2ncc(C(C)(C)O)s2)ccn1.COc1cc(-c2cc(F)cc(C(C)C)c2CC(=O)O)ccn1. The van der Waals surface area contributed by atoms with Crippen molar-refractivity contribution >= 4 is 54.6 Å². The summed E-state index contributed by atoms with van der Waals surface area (Å²) in [7, 11) is -5.05. The van der Waals surface area contributed by atoms with E-state index in [-0.39, 0.29) is 39.2 Å². The van der Waals surface area contributed by atoms with E-state index in [1.807, 2.05) is 32.4 Å². The molecule has 0 unspecified atom stereocenters. The number of thiazole rings is 2. The molecule has 4 heterocycles. The number of nitrogens with zero attached hydrogens (tertiary/aromatic N) is 4. The smallest absolute Gasteiger partial charge is 0.307 e. The highest BCUT2D eigenvalue weighted by molar-refractivity contribution is 7.92. The second-order valence-corrected chi connectivity index (χ2v) is 22.6. The van der Waals surface area contributed by atoms with Gasteiger partial charge in [-0.2, -0.15) is 8.42 Å². The van der Waals surface area contributed by atoms with Crippen molar-refractivity contribution in [3.8, 4) is 34.0 Å². The number of carbonyl (C=O) groups excluding carboxylic acids is 1. The molecule has 0 aliphatic heterocycles. The highest BCUT2D eigenvalue weighted by atomic mass is 32.3. The fourth-order valence-electron chi connectivity index (χ4n) is 6.51. The van der Waals surface area contributed by atoms with E-state index in [1.165, 1.54) is 70.9 Å². The number of aliphatic carboxylic acids is 1. The Labute approximate surface area is 407 Å². The van der Waals surface area contributed by atoms with E-state index in [0.717, 1.165) is 22.7 Å². The number of aliphatic hydroxyl groups is 2. The van der Waals surface area contributed by atoms with Gasteiger partial charge in [0.05, 0.1) is 48.0 Å². The molecule has 2 aromatic carbocycles. The number of rotatable bonds is 15. The van der Waals surface area contributed by atoms with Crippen molar-refractivity contribution in [3.63, 3.8) is 0 Å². The first-order valence-corrected chi connectivity index (χ1v) is 25.4. The average Bonchev–Trinajstić information content (AvgIpc) is 3.98. The van der Waals surface area contributed by atoms with Crippen LogP contribution < -0.4 is 19.3 Å². The van der Waals surface area contributed by atoms with Crippen LogP contribution in [-0.4, -0.2) is 78.2 Å². The summed E-state index contributed by atoms with van der Waals surface area (Å²) in [4.78, 5) is 40.4.